The molecule has 9 rings (SSSR count). The highest BCUT2D eigenvalue weighted by molar-refractivity contribution is 8.76. The van der Waals surface area contributed by atoms with Gasteiger partial charge in [-0.05, 0) is 63.5 Å². The van der Waals surface area contributed by atoms with E-state index in [1.165, 1.54) is 16.5 Å². The smallest absolute Gasteiger partial charge is 0.341 e. The Morgan fingerprint density at radius 3 is 2.75 bits per heavy atom. The number of phenolic OH excluding ortho intramolecular Hbond substituents is 1. The molecule has 5 unspecified atom stereocenters. The highest BCUT2D eigenvalue weighted by Crippen LogP contribution is 2.47. The number of nitrogens with two attached hydrogens (primary N) is 2. The molecule has 55 heavy (non-hydrogen) atoms. The first kappa shape index (κ1) is 35.8. The zero-order valence-electron chi connectivity index (χ0n) is 30.6. The Bertz CT molecular complexity index is 2450. The number of nitrogens with one attached hydrogen (secondary N) is 1. The van der Waals surface area contributed by atoms with E-state index < -0.39 is 23.3 Å². The summed E-state index contributed by atoms with van der Waals surface area (Å²) in [5.74, 6) is 2.10. The van der Waals surface area contributed by atoms with Crippen molar-refractivity contribution >= 4 is 56.4 Å². The van der Waals surface area contributed by atoms with E-state index in [1.54, 1.807) is 41.5 Å². The minimum Gasteiger partial charge on any atom is -0.507 e. The maximum Gasteiger partial charge on any atom is 0.341 e. The summed E-state index contributed by atoms with van der Waals surface area (Å²) < 4.78 is 24.7. The zero-order valence-corrected chi connectivity index (χ0v) is 32.3. The summed E-state index contributed by atoms with van der Waals surface area (Å²) in [7, 11) is 3.28. The van der Waals surface area contributed by atoms with E-state index in [0.717, 1.165) is 40.3 Å². The van der Waals surface area contributed by atoms with Crippen molar-refractivity contribution in [3.8, 4) is 22.8 Å². The quantitative estimate of drug-likeness (QED) is 0.128. The van der Waals surface area contributed by atoms with Crippen LogP contribution in [0.25, 0.3) is 22.2 Å². The largest absolute Gasteiger partial charge is 0.507 e. The van der Waals surface area contributed by atoms with Crippen LogP contribution in [0, 0.1) is 6.92 Å². The third-order valence-electron chi connectivity index (χ3n) is 11.2. The molecule has 4 aromatic rings. The Hall–Kier alpha value is -4.83. The first-order valence-electron chi connectivity index (χ1n) is 18.3. The molecule has 0 radical (unpaired) electrons. The van der Waals surface area contributed by atoms with Crippen LogP contribution < -0.4 is 26.5 Å². The summed E-state index contributed by atoms with van der Waals surface area (Å²) in [5, 5.41) is 11.4. The fourth-order valence-electron chi connectivity index (χ4n) is 8.05. The number of hydrogen-bond donors (Lipinski definition) is 4. The summed E-state index contributed by atoms with van der Waals surface area (Å²) in [6.45, 7) is 6.81. The van der Waals surface area contributed by atoms with Gasteiger partial charge in [-0.15, -0.1) is 0 Å². The standard InChI is InChI=1S/C40H40N6O7S2/c1-20-10-29(47)35-31(50-20)15-30-25(36(35)48)14-33-39(2,52-30)7-9-54-55-19-26-24(13-23(44-37(26)42)17-46-16-22-6-8-43-28(22)18-46)27-11-21(12-34(41)45-27)4-5-32-40(3,53-32)38(49)51-33/h6,8,10-13,15,18,32-33,48H,4-5,7,9,14,16-17,19H2,1-3H3,(H2,41,45)(H2,42,44)/p+1. The number of benzene rings is 1. The molecular formula is C40H41N6O7S2+. The number of anilines is 2. The highest BCUT2D eigenvalue weighted by atomic mass is 33.1. The Morgan fingerprint density at radius 1 is 1.05 bits per heavy atom. The molecule has 5 aliphatic rings. The van der Waals surface area contributed by atoms with Crippen molar-refractivity contribution in [3.63, 3.8) is 0 Å². The van der Waals surface area contributed by atoms with Gasteiger partial charge >= 0.3 is 5.97 Å². The van der Waals surface area contributed by atoms with Crippen molar-refractivity contribution in [3.05, 3.63) is 92.2 Å². The molecule has 8 heterocycles. The van der Waals surface area contributed by atoms with E-state index in [9.17, 15) is 14.7 Å². The van der Waals surface area contributed by atoms with Crippen molar-refractivity contribution in [2.45, 2.75) is 82.2 Å². The number of pyridine rings is 2. The number of aromatic nitrogens is 2. The predicted octanol–water partition coefficient (Wildman–Crippen LogP) is 4.36. The monoisotopic (exact) mass is 781 g/mol. The van der Waals surface area contributed by atoms with Crippen molar-refractivity contribution < 1.29 is 33.4 Å². The number of allylic oxidation sites excluding steroid dienone is 1. The van der Waals surface area contributed by atoms with Gasteiger partial charge in [0.2, 0.25) is 0 Å². The summed E-state index contributed by atoms with van der Waals surface area (Å²) in [5.41, 5.74) is 17.8. The number of nitrogen functional groups attached to an aromatic ring is 2. The number of quaternary nitrogens is 1. The zero-order chi connectivity index (χ0) is 38.2. The molecule has 15 heteroatoms. The Morgan fingerprint density at radius 2 is 1.91 bits per heavy atom. The van der Waals surface area contributed by atoms with E-state index in [-0.39, 0.29) is 34.7 Å². The van der Waals surface area contributed by atoms with Gasteiger partial charge in [-0.1, -0.05) is 21.6 Å². The first-order chi connectivity index (χ1) is 26.4. The number of carbonyl (C=O) groups excluding carboxylic acids is 1. The van der Waals surface area contributed by atoms with Gasteiger partial charge < -0.3 is 35.2 Å². The van der Waals surface area contributed by atoms with Crippen LogP contribution in [-0.4, -0.2) is 63.0 Å². The van der Waals surface area contributed by atoms with Crippen molar-refractivity contribution in [1.82, 2.24) is 9.97 Å². The number of carbonyl (C=O) groups is 1. The van der Waals surface area contributed by atoms with Crippen LogP contribution in [0.15, 0.2) is 68.1 Å². The molecule has 0 aliphatic carbocycles. The molecule has 2 bridgehead atoms. The van der Waals surface area contributed by atoms with Gasteiger partial charge in [-0.3, -0.25) is 14.7 Å². The third kappa shape index (κ3) is 6.56. The van der Waals surface area contributed by atoms with Gasteiger partial charge in [0.15, 0.2) is 11.0 Å². The summed E-state index contributed by atoms with van der Waals surface area (Å²) in [4.78, 5) is 42.1. The van der Waals surface area contributed by atoms with E-state index in [2.05, 4.69) is 23.3 Å². The number of ether oxygens (including phenoxy) is 3. The van der Waals surface area contributed by atoms with Crippen molar-refractivity contribution in [1.29, 1.82) is 0 Å². The minimum absolute atomic E-state index is 0.0676. The first-order valence-corrected chi connectivity index (χ1v) is 20.8. The molecule has 284 valence electrons. The summed E-state index contributed by atoms with van der Waals surface area (Å²) >= 11 is 0. The number of rotatable bonds is 2. The molecule has 0 amide bonds. The predicted molar refractivity (Wildman–Crippen MR) is 212 cm³/mol. The molecule has 13 nitrogen and oxygen atoms in total. The fourth-order valence-corrected chi connectivity index (χ4v) is 10.4. The fraction of sp³-hybridized carbons (Fsp3) is 0.375. The van der Waals surface area contributed by atoms with E-state index >= 15 is 0 Å². The normalized spacial score (nSPS) is 27.3. The third-order valence-corrected chi connectivity index (χ3v) is 13.5. The molecule has 5 aliphatic heterocycles. The van der Waals surface area contributed by atoms with Crippen LogP contribution in [0.3, 0.4) is 0 Å². The molecule has 5 atom stereocenters. The number of aliphatic imine (C=N–C) groups is 1. The average molecular weight is 782 g/mol. The van der Waals surface area contributed by atoms with Crippen LogP contribution in [0.5, 0.6) is 11.5 Å². The molecule has 0 spiro atoms. The van der Waals surface area contributed by atoms with E-state index in [1.807, 2.05) is 25.3 Å². The average Bonchev–Trinajstić information content (AvgIpc) is 3.37. The van der Waals surface area contributed by atoms with Gasteiger partial charge in [0.05, 0.1) is 17.5 Å². The van der Waals surface area contributed by atoms with Crippen LogP contribution in [-0.2, 0) is 39.4 Å². The topological polar surface area (TPSA) is 193 Å². The number of phenols is 1. The van der Waals surface area contributed by atoms with E-state index in [4.69, 9.17) is 40.1 Å². The lowest BCUT2D eigenvalue weighted by atomic mass is 9.86. The molecule has 0 saturated carbocycles. The lowest BCUT2D eigenvalue weighted by Crippen LogP contribution is -3.04. The molecule has 6 N–H and O–H groups in total. The second-order valence-electron chi connectivity index (χ2n) is 15.2. The number of aryl methyl sites for hydroxylation is 2. The SMILES string of the molecule is Cc1cc(=O)c2c(O)c3c(cc2o1)OC1(C)CCSSCc2c(cc(C[NH+]4C=C5N=CC=C5C4)nc2N)-c2cc(cc(N)n2)CCC2OC2(C)C(=O)OC1C3. The van der Waals surface area contributed by atoms with Crippen LogP contribution in [0.1, 0.15) is 54.8 Å². The number of nitrogens with zero attached hydrogens (tertiary/aromatic N) is 3. The molecule has 1 saturated heterocycles. The number of aromatic hydroxyl groups is 1. The van der Waals surface area contributed by atoms with Gasteiger partial charge in [0.25, 0.3) is 0 Å². The molecule has 1 fully saturated rings. The maximum atomic E-state index is 13.9. The Labute approximate surface area is 324 Å². The van der Waals surface area contributed by atoms with Crippen molar-refractivity contribution in [2.75, 3.05) is 23.8 Å². The number of hydrogen-bond acceptors (Lipinski definition) is 14. The van der Waals surface area contributed by atoms with Gasteiger partial charge in [0, 0.05) is 65.0 Å². The second-order valence-corrected chi connectivity index (χ2v) is 17.8. The summed E-state index contributed by atoms with van der Waals surface area (Å²) in [6, 6.07) is 8.95. The number of epoxide rings is 1. The maximum absolute atomic E-state index is 13.9. The van der Waals surface area contributed by atoms with Crippen LogP contribution >= 0.6 is 21.6 Å². The minimum atomic E-state index is -1.16. The Kier molecular flexibility index (Phi) is 8.75. The van der Waals surface area contributed by atoms with Crippen molar-refractivity contribution in [2.24, 2.45) is 4.99 Å². The Balaban J connectivity index is 1.04. The van der Waals surface area contributed by atoms with Gasteiger partial charge in [-0.25, -0.2) is 14.8 Å². The second kappa shape index (κ2) is 13.4. The van der Waals surface area contributed by atoms with Gasteiger partial charge in [-0.2, -0.15) is 0 Å². The summed E-state index contributed by atoms with van der Waals surface area (Å²) in [6.07, 6.45) is 6.63. The van der Waals surface area contributed by atoms with Crippen LogP contribution in [0.4, 0.5) is 11.6 Å². The number of fused-ring (bicyclic) bond motifs is 9. The number of esters is 1. The van der Waals surface area contributed by atoms with Crippen LogP contribution in [0.2, 0.25) is 0 Å². The molecular weight excluding hydrogens is 741 g/mol. The lowest BCUT2D eigenvalue weighted by Gasteiger charge is -2.42. The van der Waals surface area contributed by atoms with E-state index in [0.29, 0.717) is 66.0 Å². The molecule has 1 aromatic carbocycles. The highest BCUT2D eigenvalue weighted by Gasteiger charge is 2.61. The molecule has 3 aromatic heterocycles. The van der Waals surface area contributed by atoms with Gasteiger partial charge in [0.1, 0.15) is 76.6 Å². The lowest BCUT2D eigenvalue weighted by molar-refractivity contribution is -0.852.